The first-order valence-electron chi connectivity index (χ1n) is 28.1. The van der Waals surface area contributed by atoms with Gasteiger partial charge in [0.15, 0.2) is 44.7 Å². The summed E-state index contributed by atoms with van der Waals surface area (Å²) >= 11 is 0. The first-order valence-corrected chi connectivity index (χ1v) is 38.6. The average Bonchev–Trinajstić information content (AvgIpc) is 1.65. The number of aliphatic hydroxyl groups excluding tert-OH is 1. The van der Waals surface area contributed by atoms with Crippen molar-refractivity contribution in [2.24, 2.45) is 0 Å². The van der Waals surface area contributed by atoms with Gasteiger partial charge in [-0.3, -0.25) is 89.0 Å². The molecule has 552 valence electrons. The van der Waals surface area contributed by atoms with Gasteiger partial charge in [0, 0.05) is 25.7 Å². The van der Waals surface area contributed by atoms with Gasteiger partial charge in [-0.25, -0.2) is 51.9 Å². The molecule has 12 rings (SSSR count). The van der Waals surface area contributed by atoms with Crippen LogP contribution in [0.1, 0.15) is 50.6 Å². The van der Waals surface area contributed by atoms with Crippen LogP contribution in [0.15, 0.2) is 44.5 Å². The lowest BCUT2D eigenvalue weighted by atomic mass is 10.2. The zero-order chi connectivity index (χ0) is 72.8. The molecule has 4 fully saturated rings. The van der Waals surface area contributed by atoms with E-state index in [1.807, 2.05) is 0 Å². The number of nitrogens with zero attached hydrogens (tertiary/aromatic N) is 12. The second kappa shape index (κ2) is 27.7. The third kappa shape index (κ3) is 16.9. The maximum absolute atomic E-state index is 13.9. The number of H-pyrrole nitrogens is 4. The maximum Gasteiger partial charge on any atom is 0.481 e. The number of ether oxygens (including phenoxy) is 4. The quantitative estimate of drug-likeness (QED) is 0.0222. The molecular formula is C40H53N20O34P7. The Hall–Kier alpha value is -6.71. The van der Waals surface area contributed by atoms with Gasteiger partial charge in [0.25, 0.3) is 22.2 Å². The van der Waals surface area contributed by atoms with E-state index in [9.17, 15) is 95.4 Å². The number of phosphoric acid groups is 7. The minimum atomic E-state index is -6.14. The van der Waals surface area contributed by atoms with Crippen LogP contribution in [0.2, 0.25) is 0 Å². The number of nitrogens with two attached hydrogens (primary N) is 4. The number of rotatable bonds is 28. The van der Waals surface area contributed by atoms with Crippen molar-refractivity contribution < 1.29 is 140 Å². The van der Waals surface area contributed by atoms with Crippen LogP contribution < -0.4 is 45.2 Å². The van der Waals surface area contributed by atoms with Crippen LogP contribution in [-0.4, -0.2) is 198 Å². The molecule has 0 aliphatic carbocycles. The third-order valence-electron chi connectivity index (χ3n) is 14.8. The van der Waals surface area contributed by atoms with Gasteiger partial charge in [-0.2, -0.15) is 32.9 Å². The number of nitrogen functional groups attached to an aromatic ring is 4. The van der Waals surface area contributed by atoms with Gasteiger partial charge in [0.05, 0.1) is 57.8 Å². The average molecular weight is 1570 g/mol. The van der Waals surface area contributed by atoms with Crippen molar-refractivity contribution in [2.45, 2.75) is 99.4 Å². The minimum absolute atomic E-state index is 0.0631. The van der Waals surface area contributed by atoms with Gasteiger partial charge in [-0.05, 0) is 0 Å². The van der Waals surface area contributed by atoms with Gasteiger partial charge in [0.1, 0.15) is 67.6 Å². The first kappa shape index (κ1) is 74.0. The molecule has 0 bridgehead atoms. The lowest BCUT2D eigenvalue weighted by Crippen LogP contribution is -2.29. The van der Waals surface area contributed by atoms with E-state index >= 15 is 0 Å². The Kier molecular flexibility index (Phi) is 20.3. The van der Waals surface area contributed by atoms with Crippen molar-refractivity contribution in [1.82, 2.24) is 78.1 Å². The molecule has 61 heteroatoms. The number of hydrogen-bond acceptors (Lipinski definition) is 38. The number of hydrogen-bond donors (Lipinski definition) is 17. The Labute approximate surface area is 555 Å². The summed E-state index contributed by atoms with van der Waals surface area (Å²) in [5.41, 5.74) is 17.5. The predicted molar refractivity (Wildman–Crippen MR) is 323 cm³/mol. The number of phosphoric ester groups is 7. The van der Waals surface area contributed by atoms with Gasteiger partial charge < -0.3 is 86.1 Å². The second-order valence-corrected chi connectivity index (χ2v) is 32.0. The van der Waals surface area contributed by atoms with Crippen LogP contribution in [0.5, 0.6) is 0 Å². The second-order valence-electron chi connectivity index (χ2n) is 21.8. The highest BCUT2D eigenvalue weighted by Gasteiger charge is 2.51. The number of fused-ring (bicyclic) bond motifs is 4. The molecule has 54 nitrogen and oxygen atoms in total. The molecule has 4 saturated heterocycles. The third-order valence-corrected chi connectivity index (χ3v) is 23.3. The highest BCUT2D eigenvalue weighted by molar-refractivity contribution is 7.62. The fourth-order valence-corrected chi connectivity index (χ4v) is 17.9. The molecule has 18 atom stereocenters. The number of aromatic amines is 4. The SMILES string of the molecule is Nc1nc2c(ncn2C2CC(O)C(COP(=O)(O)OP(=O)(O)OC3CC(n4cnc5c(=O)[nH]c(N)nc54)OC3COP(=O)(O)OP(=O)(O)OC3CC(n4cnc5c(=O)[nH]c(N)nc54)OC3COP(=O)(O)OP(=O)(O)OC3CC(n4cnc5c(=O)[nH]c(N)nc54)OC3COP(=O)(O)O)O2)c(=O)[nH]1. The summed E-state index contributed by atoms with van der Waals surface area (Å²) in [6.45, 7) is -4.86. The van der Waals surface area contributed by atoms with E-state index in [0.29, 0.717) is 0 Å². The zero-order valence-corrected chi connectivity index (χ0v) is 56.2. The lowest BCUT2D eigenvalue weighted by molar-refractivity contribution is -0.0470. The predicted octanol–water partition coefficient (Wildman–Crippen LogP) is -2.67. The largest absolute Gasteiger partial charge is 0.481 e. The summed E-state index contributed by atoms with van der Waals surface area (Å²) in [6.07, 6.45) is -18.4. The molecule has 0 amide bonds. The summed E-state index contributed by atoms with van der Waals surface area (Å²) < 4.78 is 169. The van der Waals surface area contributed by atoms with Gasteiger partial charge >= 0.3 is 54.8 Å². The maximum atomic E-state index is 13.9. The Morgan fingerprint density at radius 3 is 0.921 bits per heavy atom. The molecule has 101 heavy (non-hydrogen) atoms. The molecule has 4 aliphatic heterocycles. The number of aliphatic hydroxyl groups is 1. The van der Waals surface area contributed by atoms with Crippen molar-refractivity contribution in [1.29, 1.82) is 0 Å². The van der Waals surface area contributed by atoms with Crippen molar-refractivity contribution in [3.8, 4) is 0 Å². The van der Waals surface area contributed by atoms with E-state index in [-0.39, 0.29) is 57.0 Å². The molecule has 0 spiro atoms. The summed E-state index contributed by atoms with van der Waals surface area (Å²) in [5.74, 6) is -1.59. The minimum Gasteiger partial charge on any atom is -0.390 e. The molecule has 8 aromatic rings. The molecule has 4 aliphatic rings. The normalized spacial score (nSPS) is 28.0. The first-order chi connectivity index (χ1) is 47.1. The number of imidazole rings is 4. The zero-order valence-electron chi connectivity index (χ0n) is 49.9. The molecule has 0 radical (unpaired) electrons. The summed E-state index contributed by atoms with van der Waals surface area (Å²) in [5, 5.41) is 10.8. The Balaban J connectivity index is 0.722. The number of aromatic nitrogens is 16. The fraction of sp³-hybridized carbons (Fsp3) is 0.500. The molecular weight excluding hydrogens is 1520 g/mol. The smallest absolute Gasteiger partial charge is 0.390 e. The number of anilines is 4. The molecule has 0 saturated carbocycles. The fourth-order valence-electron chi connectivity index (χ4n) is 10.8. The molecule has 12 heterocycles. The van der Waals surface area contributed by atoms with E-state index in [4.69, 9.17) is 69.0 Å². The van der Waals surface area contributed by atoms with Crippen molar-refractivity contribution >= 4 is 123 Å². The molecule has 0 aromatic carbocycles. The van der Waals surface area contributed by atoms with Crippen LogP contribution in [0.4, 0.5) is 23.8 Å². The molecule has 21 N–H and O–H groups in total. The van der Waals surface area contributed by atoms with Crippen LogP contribution in [0.25, 0.3) is 44.7 Å². The highest BCUT2D eigenvalue weighted by Crippen LogP contribution is 2.65. The van der Waals surface area contributed by atoms with Gasteiger partial charge in [-0.15, -0.1) is 0 Å². The highest BCUT2D eigenvalue weighted by atomic mass is 31.3. The summed E-state index contributed by atoms with van der Waals surface area (Å²) in [4.78, 5) is 175. The standard InChI is InChI=1S/C40H53N20O34P7/c41-37-49-29-25(33(62)53-37)45-9-57(29)21-1-13(61)17(85-21)5-82-96(69,70)92-100(77,78)90-15-3-23(59-11-47-27-31(59)51-39(43)55-35(27)64)87-19(15)7-84-98(73,74)94-101(79,80)91-16-4-24(60-12-48-28-32(60)52-40(44)56-36(28)65)88-20(16)8-83-97(71,72)93-99(75,76)89-14-2-22(86-18(14)6-81-95(66,67)68)58-10-46-26-30(58)50-38(42)54-34(26)63/h9-24,61H,1-8H2,(H,69,70)(H,71,72)(H,73,74)(H,75,76)(H,77,78)(H,79,80)(H2,66,67,68)(H3,41,49,53,62)(H3,42,50,54,63)(H3,43,51,55,64)(H3,44,52,56,65). The monoisotopic (exact) mass is 1570 g/mol. The number of nitrogens with one attached hydrogen (secondary N) is 4. The Morgan fingerprint density at radius 1 is 0.396 bits per heavy atom. The summed E-state index contributed by atoms with van der Waals surface area (Å²) in [6, 6.07) is 0. The van der Waals surface area contributed by atoms with Crippen LogP contribution in [-0.2, 0) is 95.5 Å². The van der Waals surface area contributed by atoms with E-state index in [2.05, 4.69) is 77.3 Å². The van der Waals surface area contributed by atoms with Crippen LogP contribution in [0, 0.1) is 0 Å². The van der Waals surface area contributed by atoms with E-state index < -0.39 is 214 Å². The molecule has 8 aromatic heterocycles. The Bertz CT molecular complexity index is 5130. The van der Waals surface area contributed by atoms with E-state index in [0.717, 1.165) is 39.0 Å². The molecule has 18 unspecified atom stereocenters. The van der Waals surface area contributed by atoms with E-state index in [1.54, 1.807) is 0 Å². The van der Waals surface area contributed by atoms with Gasteiger partial charge in [0.2, 0.25) is 23.8 Å². The van der Waals surface area contributed by atoms with Gasteiger partial charge in [-0.1, -0.05) is 0 Å². The van der Waals surface area contributed by atoms with E-state index in [1.165, 1.54) is 4.57 Å². The topological polar surface area (TPSA) is 789 Å². The van der Waals surface area contributed by atoms with Crippen LogP contribution >= 0.6 is 54.8 Å². The van der Waals surface area contributed by atoms with Crippen molar-refractivity contribution in [3.63, 3.8) is 0 Å². The Morgan fingerprint density at radius 2 is 0.644 bits per heavy atom. The summed E-state index contributed by atoms with van der Waals surface area (Å²) in [7, 11) is -41.2. The lowest BCUT2D eigenvalue weighted by Gasteiger charge is -2.25. The van der Waals surface area contributed by atoms with Crippen molar-refractivity contribution in [2.75, 3.05) is 49.4 Å². The van der Waals surface area contributed by atoms with Crippen molar-refractivity contribution in [3.05, 3.63) is 66.7 Å². The van der Waals surface area contributed by atoms with Crippen LogP contribution in [0.3, 0.4) is 0 Å².